The third-order valence-corrected chi connectivity index (χ3v) is 5.30. The van der Waals surface area contributed by atoms with Crippen LogP contribution in [0.4, 0.5) is 0 Å². The van der Waals surface area contributed by atoms with E-state index in [1.54, 1.807) is 11.7 Å². The average Bonchev–Trinajstić information content (AvgIpc) is 2.77. The van der Waals surface area contributed by atoms with Crippen LogP contribution in [0, 0.1) is 0 Å². The molecule has 0 bridgehead atoms. The summed E-state index contributed by atoms with van der Waals surface area (Å²) in [6.45, 7) is 1.35. The number of hydrogen-bond acceptors (Lipinski definition) is 5. The van der Waals surface area contributed by atoms with Gasteiger partial charge in [0.05, 0.1) is 12.8 Å². The van der Waals surface area contributed by atoms with E-state index in [1.807, 2.05) is 48.5 Å². The predicted octanol–water partition coefficient (Wildman–Crippen LogP) is 3.30. The summed E-state index contributed by atoms with van der Waals surface area (Å²) >= 11 is 0. The van der Waals surface area contributed by atoms with E-state index in [-0.39, 0.29) is 11.7 Å². The summed E-state index contributed by atoms with van der Waals surface area (Å²) in [5.41, 5.74) is 3.00. The Morgan fingerprint density at radius 2 is 1.93 bits per heavy atom. The maximum atomic E-state index is 12.6. The van der Waals surface area contributed by atoms with Crippen LogP contribution < -0.4 is 24.5 Å². The van der Waals surface area contributed by atoms with E-state index in [1.165, 1.54) is 11.6 Å². The lowest BCUT2D eigenvalue weighted by atomic mass is 9.97. The van der Waals surface area contributed by atoms with Crippen molar-refractivity contribution in [2.24, 2.45) is 0 Å². The van der Waals surface area contributed by atoms with Crippen LogP contribution in [0.2, 0.25) is 0 Å². The highest BCUT2D eigenvalue weighted by Crippen LogP contribution is 2.33. The Kier molecular flexibility index (Phi) is 4.39. The molecule has 1 unspecified atom stereocenters. The van der Waals surface area contributed by atoms with Crippen LogP contribution in [0.25, 0.3) is 11.3 Å². The molecule has 2 aromatic carbocycles. The van der Waals surface area contributed by atoms with Gasteiger partial charge in [0.15, 0.2) is 17.6 Å². The van der Waals surface area contributed by atoms with Gasteiger partial charge in [0.25, 0.3) is 5.56 Å². The lowest BCUT2D eigenvalue weighted by molar-refractivity contribution is 0.0535. The molecule has 2 aliphatic heterocycles. The number of ether oxygens (including phenoxy) is 4. The summed E-state index contributed by atoms with van der Waals surface area (Å²) in [5.74, 6) is 2.80. The van der Waals surface area contributed by atoms with Crippen LogP contribution in [0.5, 0.6) is 23.0 Å². The second-order valence-electron chi connectivity index (χ2n) is 7.15. The molecule has 29 heavy (non-hydrogen) atoms. The average molecular weight is 391 g/mol. The molecule has 0 fully saturated rings. The Morgan fingerprint density at radius 3 is 2.79 bits per heavy atom. The molecule has 5 rings (SSSR count). The fourth-order valence-electron chi connectivity index (χ4n) is 3.83. The molecule has 0 radical (unpaired) electrons. The van der Waals surface area contributed by atoms with Crippen LogP contribution in [0.3, 0.4) is 0 Å². The molecule has 3 heterocycles. The van der Waals surface area contributed by atoms with Crippen molar-refractivity contribution in [2.75, 3.05) is 20.3 Å². The minimum Gasteiger partial charge on any atom is -0.497 e. The van der Waals surface area contributed by atoms with Gasteiger partial charge in [0, 0.05) is 24.2 Å². The number of para-hydroxylation sites is 2. The quantitative estimate of drug-likeness (QED) is 0.683. The second-order valence-corrected chi connectivity index (χ2v) is 7.15. The zero-order valence-electron chi connectivity index (χ0n) is 16.1. The Morgan fingerprint density at radius 1 is 1.07 bits per heavy atom. The summed E-state index contributed by atoms with van der Waals surface area (Å²) in [6, 6.07) is 17.0. The monoisotopic (exact) mass is 391 g/mol. The highest BCUT2D eigenvalue weighted by atomic mass is 16.6. The first-order valence-electron chi connectivity index (χ1n) is 9.65. The molecule has 6 heteroatoms. The molecular formula is C23H21NO5. The summed E-state index contributed by atoms with van der Waals surface area (Å²) < 4.78 is 24.7. The molecule has 148 valence electrons. The predicted molar refractivity (Wildman–Crippen MR) is 108 cm³/mol. The molecule has 6 nitrogen and oxygen atoms in total. The van der Waals surface area contributed by atoms with Crippen molar-refractivity contribution < 1.29 is 18.9 Å². The molecule has 0 saturated heterocycles. The van der Waals surface area contributed by atoms with Gasteiger partial charge in [-0.1, -0.05) is 12.1 Å². The van der Waals surface area contributed by atoms with Crippen molar-refractivity contribution >= 4 is 0 Å². The highest BCUT2D eigenvalue weighted by molar-refractivity contribution is 5.68. The smallest absolute Gasteiger partial charge is 0.254 e. The Balaban J connectivity index is 1.37. The van der Waals surface area contributed by atoms with Crippen LogP contribution in [-0.4, -0.2) is 31.0 Å². The first kappa shape index (κ1) is 17.7. The van der Waals surface area contributed by atoms with Gasteiger partial charge in [0.1, 0.15) is 24.7 Å². The van der Waals surface area contributed by atoms with E-state index in [0.29, 0.717) is 31.3 Å². The van der Waals surface area contributed by atoms with Crippen molar-refractivity contribution in [1.29, 1.82) is 0 Å². The number of fused-ring (bicyclic) bond motifs is 4. The zero-order valence-corrected chi connectivity index (χ0v) is 16.1. The van der Waals surface area contributed by atoms with Gasteiger partial charge in [-0.2, -0.15) is 0 Å². The first-order valence-corrected chi connectivity index (χ1v) is 9.65. The van der Waals surface area contributed by atoms with Gasteiger partial charge in [-0.15, -0.1) is 0 Å². The summed E-state index contributed by atoms with van der Waals surface area (Å²) in [7, 11) is 1.66. The molecular weight excluding hydrogens is 370 g/mol. The lowest BCUT2D eigenvalue weighted by Gasteiger charge is -2.27. The molecule has 0 amide bonds. The molecule has 1 atom stereocenters. The third-order valence-electron chi connectivity index (χ3n) is 5.30. The van der Waals surface area contributed by atoms with Crippen LogP contribution >= 0.6 is 0 Å². The largest absolute Gasteiger partial charge is 0.497 e. The van der Waals surface area contributed by atoms with Crippen molar-refractivity contribution in [3.63, 3.8) is 0 Å². The minimum absolute atomic E-state index is 0.0647. The standard InChI is InChI=1S/C23H21NO5/c1-26-16-6-7-19-15(10-16)8-9-24-20(19)11-17(12-23(24)25)27-13-18-14-28-21-4-2-3-5-22(21)29-18/h2-7,10-12,18H,8-9,13-14H2,1H3. The summed E-state index contributed by atoms with van der Waals surface area (Å²) in [4.78, 5) is 12.6. The van der Waals surface area contributed by atoms with Gasteiger partial charge in [-0.05, 0) is 42.3 Å². The molecule has 0 aliphatic carbocycles. The van der Waals surface area contributed by atoms with Gasteiger partial charge in [-0.25, -0.2) is 0 Å². The topological polar surface area (TPSA) is 58.9 Å². The van der Waals surface area contributed by atoms with Gasteiger partial charge < -0.3 is 23.5 Å². The minimum atomic E-state index is -0.236. The van der Waals surface area contributed by atoms with E-state index in [2.05, 4.69) is 0 Å². The lowest BCUT2D eigenvalue weighted by Crippen LogP contribution is -2.34. The van der Waals surface area contributed by atoms with Crippen molar-refractivity contribution in [1.82, 2.24) is 4.57 Å². The second kappa shape index (κ2) is 7.20. The number of benzene rings is 2. The fraction of sp³-hybridized carbons (Fsp3) is 0.261. The summed E-state index contributed by atoms with van der Waals surface area (Å²) in [6.07, 6.45) is 0.562. The number of aryl methyl sites for hydroxylation is 1. The number of methoxy groups -OCH3 is 1. The number of rotatable bonds is 4. The maximum Gasteiger partial charge on any atom is 0.254 e. The highest BCUT2D eigenvalue weighted by Gasteiger charge is 2.22. The molecule has 0 spiro atoms. The maximum absolute atomic E-state index is 12.6. The van der Waals surface area contributed by atoms with Gasteiger partial charge in [0.2, 0.25) is 0 Å². The number of hydrogen-bond donors (Lipinski definition) is 0. The van der Waals surface area contributed by atoms with Gasteiger partial charge >= 0.3 is 0 Å². The molecule has 3 aromatic rings. The molecule has 0 saturated carbocycles. The van der Waals surface area contributed by atoms with E-state index < -0.39 is 0 Å². The Labute approximate surface area is 168 Å². The van der Waals surface area contributed by atoms with Crippen molar-refractivity contribution in [2.45, 2.75) is 19.1 Å². The normalized spacial score (nSPS) is 16.5. The zero-order chi connectivity index (χ0) is 19.8. The Hall–Kier alpha value is -3.41. The van der Waals surface area contributed by atoms with E-state index in [4.69, 9.17) is 18.9 Å². The van der Waals surface area contributed by atoms with E-state index in [9.17, 15) is 4.79 Å². The molecule has 1 aromatic heterocycles. The van der Waals surface area contributed by atoms with Gasteiger partial charge in [-0.3, -0.25) is 4.79 Å². The van der Waals surface area contributed by atoms with Crippen molar-refractivity contribution in [3.05, 3.63) is 70.5 Å². The van der Waals surface area contributed by atoms with E-state index in [0.717, 1.165) is 29.2 Å². The van der Waals surface area contributed by atoms with Crippen LogP contribution in [-0.2, 0) is 13.0 Å². The van der Waals surface area contributed by atoms with Crippen molar-refractivity contribution in [3.8, 4) is 34.3 Å². The third kappa shape index (κ3) is 3.31. The SMILES string of the molecule is COc1ccc2c(c1)CCn1c-2cc(OCC2COc3ccccc3O2)cc1=O. The van der Waals surface area contributed by atoms with Crippen LogP contribution in [0.1, 0.15) is 5.56 Å². The number of pyridine rings is 1. The Bertz CT molecular complexity index is 1120. The van der Waals surface area contributed by atoms with E-state index >= 15 is 0 Å². The molecule has 0 N–H and O–H groups in total. The number of aromatic nitrogens is 1. The molecule has 2 aliphatic rings. The fourth-order valence-corrected chi connectivity index (χ4v) is 3.83. The first-order chi connectivity index (χ1) is 14.2. The summed E-state index contributed by atoms with van der Waals surface area (Å²) in [5, 5.41) is 0. The number of nitrogens with zero attached hydrogens (tertiary/aromatic N) is 1. The van der Waals surface area contributed by atoms with Crippen LogP contribution in [0.15, 0.2) is 59.4 Å².